The van der Waals surface area contributed by atoms with Gasteiger partial charge in [0.15, 0.2) is 12.4 Å². The summed E-state index contributed by atoms with van der Waals surface area (Å²) in [5.74, 6) is -4.34. The van der Waals surface area contributed by atoms with Gasteiger partial charge in [-0.2, -0.15) is 0 Å². The molecule has 5 aromatic carbocycles. The van der Waals surface area contributed by atoms with E-state index in [1.807, 2.05) is 97.9 Å². The molecule has 3 aliphatic carbocycles. The van der Waals surface area contributed by atoms with E-state index in [0.29, 0.717) is 5.56 Å². The molecule has 51 heavy (non-hydrogen) atoms. The van der Waals surface area contributed by atoms with Crippen molar-refractivity contribution in [2.75, 3.05) is 6.61 Å². The number of aryl methyl sites for hydroxylation is 1. The van der Waals surface area contributed by atoms with Crippen LogP contribution in [0.3, 0.4) is 0 Å². The van der Waals surface area contributed by atoms with Crippen LogP contribution in [-0.4, -0.2) is 47.1 Å². The Kier molecular flexibility index (Phi) is 8.15. The van der Waals surface area contributed by atoms with Crippen molar-refractivity contribution in [3.63, 3.8) is 0 Å². The highest BCUT2D eigenvalue weighted by Crippen LogP contribution is 2.61. The fourth-order valence-corrected chi connectivity index (χ4v) is 8.01. The summed E-state index contributed by atoms with van der Waals surface area (Å²) < 4.78 is 11.0. The predicted molar refractivity (Wildman–Crippen MR) is 187 cm³/mol. The third-order valence-electron chi connectivity index (χ3n) is 10.4. The molecule has 0 aromatic heterocycles. The maximum atomic E-state index is 14.5. The average molecular weight is 676 g/mol. The van der Waals surface area contributed by atoms with Crippen molar-refractivity contribution in [2.45, 2.75) is 31.2 Å². The zero-order valence-electron chi connectivity index (χ0n) is 27.7. The van der Waals surface area contributed by atoms with Crippen LogP contribution in [0.2, 0.25) is 0 Å². The fraction of sp³-hybridized carbons (Fsp3) is 0.186. The maximum Gasteiger partial charge on any atom is 0.343 e. The number of likely N-dealkylation sites (tertiary alicyclic amines) is 1. The minimum Gasteiger partial charge on any atom is -0.456 e. The smallest absolute Gasteiger partial charge is 0.343 e. The predicted octanol–water partition coefficient (Wildman–Crippen LogP) is 6.44. The number of ether oxygens (including phenoxy) is 2. The lowest BCUT2D eigenvalue weighted by Crippen LogP contribution is -2.48. The van der Waals surface area contributed by atoms with Crippen molar-refractivity contribution >= 4 is 29.5 Å². The molecule has 1 heterocycles. The van der Waals surface area contributed by atoms with Crippen molar-refractivity contribution in [3.05, 3.63) is 172 Å². The highest BCUT2D eigenvalue weighted by Gasteiger charge is 2.63. The SMILES string of the molecule is Cc1ccc(C(=O)Oc2ccc(C(=O)COC(=O)C(Cc3ccccc3)N3C(=O)C4C5c6ccccc6C(c6ccccc65)C4C3=O)cc2)cc1. The van der Waals surface area contributed by atoms with Gasteiger partial charge in [0.05, 0.1) is 17.4 Å². The number of imide groups is 1. The molecular formula is C43H33NO7. The van der Waals surface area contributed by atoms with E-state index in [4.69, 9.17) is 9.47 Å². The monoisotopic (exact) mass is 675 g/mol. The van der Waals surface area contributed by atoms with Gasteiger partial charge in [0, 0.05) is 23.8 Å². The van der Waals surface area contributed by atoms with Gasteiger partial charge < -0.3 is 9.47 Å². The number of benzene rings is 5. The number of esters is 2. The normalized spacial score (nSPS) is 20.2. The molecular weight excluding hydrogens is 642 g/mol. The lowest BCUT2D eigenvalue weighted by molar-refractivity contribution is -0.158. The summed E-state index contributed by atoms with van der Waals surface area (Å²) in [6.07, 6.45) is 0.0427. The number of carbonyl (C=O) groups is 5. The van der Waals surface area contributed by atoms with Crippen LogP contribution in [0.15, 0.2) is 127 Å². The molecule has 9 rings (SSSR count). The minimum atomic E-state index is -1.26. The number of hydrogen-bond acceptors (Lipinski definition) is 7. The third kappa shape index (κ3) is 5.62. The molecule has 2 bridgehead atoms. The molecule has 4 aliphatic rings. The van der Waals surface area contributed by atoms with Crippen LogP contribution in [0.25, 0.3) is 0 Å². The molecule has 0 spiro atoms. The van der Waals surface area contributed by atoms with Crippen LogP contribution in [0.4, 0.5) is 0 Å². The van der Waals surface area contributed by atoms with E-state index in [9.17, 15) is 24.0 Å². The van der Waals surface area contributed by atoms with Gasteiger partial charge in [0.1, 0.15) is 11.8 Å². The Morgan fingerprint density at radius 1 is 0.627 bits per heavy atom. The Hall–Kier alpha value is -6.15. The quantitative estimate of drug-likeness (QED) is 0.0766. The van der Waals surface area contributed by atoms with E-state index in [1.165, 1.54) is 24.3 Å². The average Bonchev–Trinajstić information content (AvgIpc) is 3.43. The zero-order valence-corrected chi connectivity index (χ0v) is 27.7. The number of hydrogen-bond donors (Lipinski definition) is 0. The molecule has 0 saturated carbocycles. The largest absolute Gasteiger partial charge is 0.456 e. The van der Waals surface area contributed by atoms with Crippen LogP contribution in [-0.2, 0) is 25.5 Å². The Balaban J connectivity index is 1.02. The number of nitrogens with zero attached hydrogens (tertiary/aromatic N) is 1. The second-order valence-corrected chi connectivity index (χ2v) is 13.3. The van der Waals surface area contributed by atoms with E-state index < -0.39 is 54.0 Å². The van der Waals surface area contributed by atoms with Gasteiger partial charge in [0.25, 0.3) is 0 Å². The number of rotatable bonds is 9. The van der Waals surface area contributed by atoms with Gasteiger partial charge in [0.2, 0.25) is 11.8 Å². The van der Waals surface area contributed by atoms with E-state index >= 15 is 0 Å². The topological polar surface area (TPSA) is 107 Å². The molecule has 1 aliphatic heterocycles. The molecule has 2 amide bonds. The first-order valence-electron chi connectivity index (χ1n) is 17.0. The summed E-state index contributed by atoms with van der Waals surface area (Å²) in [4.78, 5) is 69.7. The maximum absolute atomic E-state index is 14.5. The van der Waals surface area contributed by atoms with Gasteiger partial charge in [-0.05, 0) is 71.1 Å². The summed E-state index contributed by atoms with van der Waals surface area (Å²) >= 11 is 0. The molecule has 252 valence electrons. The second-order valence-electron chi connectivity index (χ2n) is 13.3. The van der Waals surface area contributed by atoms with Gasteiger partial charge in [-0.1, -0.05) is 96.6 Å². The molecule has 5 aromatic rings. The van der Waals surface area contributed by atoms with Crippen LogP contribution < -0.4 is 4.74 Å². The Labute approximate surface area is 294 Å². The van der Waals surface area contributed by atoms with Crippen molar-refractivity contribution in [2.24, 2.45) is 11.8 Å². The number of amides is 2. The van der Waals surface area contributed by atoms with Gasteiger partial charge >= 0.3 is 11.9 Å². The highest BCUT2D eigenvalue weighted by atomic mass is 16.5. The molecule has 8 heteroatoms. The summed E-state index contributed by atoms with van der Waals surface area (Å²) in [6, 6.07) is 36.7. The van der Waals surface area contributed by atoms with E-state index in [-0.39, 0.29) is 29.6 Å². The second kappa shape index (κ2) is 12.9. The Morgan fingerprint density at radius 2 is 1.12 bits per heavy atom. The fourth-order valence-electron chi connectivity index (χ4n) is 8.01. The van der Waals surface area contributed by atoms with Crippen LogP contribution >= 0.6 is 0 Å². The first kappa shape index (κ1) is 32.1. The van der Waals surface area contributed by atoms with Crippen LogP contribution in [0.1, 0.15) is 65.9 Å². The Morgan fingerprint density at radius 3 is 1.65 bits per heavy atom. The highest BCUT2D eigenvalue weighted by molar-refractivity contribution is 6.10. The number of carbonyl (C=O) groups excluding carboxylic acids is 5. The van der Waals surface area contributed by atoms with Crippen molar-refractivity contribution in [1.82, 2.24) is 4.90 Å². The molecule has 0 N–H and O–H groups in total. The third-order valence-corrected chi connectivity index (χ3v) is 10.4. The molecule has 3 unspecified atom stereocenters. The summed E-state index contributed by atoms with van der Waals surface area (Å²) in [7, 11) is 0. The van der Waals surface area contributed by atoms with Crippen molar-refractivity contribution in [3.8, 4) is 5.75 Å². The molecule has 8 nitrogen and oxygen atoms in total. The molecule has 0 radical (unpaired) electrons. The van der Waals surface area contributed by atoms with E-state index in [1.54, 1.807) is 12.1 Å². The van der Waals surface area contributed by atoms with Gasteiger partial charge in [-0.3, -0.25) is 19.3 Å². The van der Waals surface area contributed by atoms with Gasteiger partial charge in [-0.25, -0.2) is 9.59 Å². The molecule has 1 saturated heterocycles. The van der Waals surface area contributed by atoms with Crippen LogP contribution in [0.5, 0.6) is 5.75 Å². The first-order valence-corrected chi connectivity index (χ1v) is 17.0. The number of ketones is 1. The summed E-state index contributed by atoms with van der Waals surface area (Å²) in [6.45, 7) is 1.32. The van der Waals surface area contributed by atoms with Crippen molar-refractivity contribution in [1.29, 1.82) is 0 Å². The molecule has 1 fully saturated rings. The van der Waals surface area contributed by atoms with Gasteiger partial charge in [-0.15, -0.1) is 0 Å². The summed E-state index contributed by atoms with van der Waals surface area (Å²) in [5, 5.41) is 0. The van der Waals surface area contributed by atoms with Crippen LogP contribution in [0, 0.1) is 18.8 Å². The first-order chi connectivity index (χ1) is 24.8. The molecule has 3 atom stereocenters. The Bertz CT molecular complexity index is 2080. The van der Waals surface area contributed by atoms with Crippen molar-refractivity contribution < 1.29 is 33.4 Å². The van der Waals surface area contributed by atoms with E-state index in [0.717, 1.165) is 38.3 Å². The lowest BCUT2D eigenvalue weighted by atomic mass is 9.55. The summed E-state index contributed by atoms with van der Waals surface area (Å²) in [5.41, 5.74) is 6.54. The van der Waals surface area contributed by atoms with E-state index in [2.05, 4.69) is 0 Å². The minimum absolute atomic E-state index is 0.0427. The number of Topliss-reactive ketones (excluding diaryl/α,β-unsaturated/α-hetero) is 1. The zero-order chi connectivity index (χ0) is 35.2. The lowest BCUT2D eigenvalue weighted by Gasteiger charge is -2.45. The standard InChI is InChI=1S/C43H33NO7/c1-25-15-17-28(18-16-25)42(48)51-29-21-19-27(20-22-29)35(45)24-50-43(49)34(23-26-9-3-2-4-10-26)44-40(46)38-36-30-11-5-6-12-31(30)37(39(38)41(44)47)33-14-8-7-13-32(33)36/h2-22,34,36-39H,23-24H2,1H3.